The normalized spacial score (nSPS) is 17.9. The molecule has 23 heavy (non-hydrogen) atoms. The molecule has 1 saturated heterocycles. The number of aryl methyl sites for hydroxylation is 2. The van der Waals surface area contributed by atoms with E-state index < -0.39 is 0 Å². The van der Waals surface area contributed by atoms with Gasteiger partial charge in [0.2, 0.25) is 11.8 Å². The Balaban J connectivity index is 1.76. The number of hydrazine groups is 1. The molecule has 1 atom stereocenters. The Morgan fingerprint density at radius 3 is 2.57 bits per heavy atom. The van der Waals surface area contributed by atoms with Crippen LogP contribution in [0.15, 0.2) is 18.2 Å². The van der Waals surface area contributed by atoms with Crippen molar-refractivity contribution in [3.8, 4) is 5.75 Å². The SMILES string of the molecule is Cc1cc(C)cc(OCCN(C)C(=O)CN2NC(=O)CC2C)c1. The summed E-state index contributed by atoms with van der Waals surface area (Å²) in [6.07, 6.45) is 0.437. The average molecular weight is 319 g/mol. The number of nitrogens with zero attached hydrogens (tertiary/aromatic N) is 2. The van der Waals surface area contributed by atoms with E-state index in [0.29, 0.717) is 19.6 Å². The smallest absolute Gasteiger partial charge is 0.238 e. The van der Waals surface area contributed by atoms with Crippen LogP contribution in [0.25, 0.3) is 0 Å². The Morgan fingerprint density at radius 2 is 2.00 bits per heavy atom. The van der Waals surface area contributed by atoms with Gasteiger partial charge < -0.3 is 9.64 Å². The van der Waals surface area contributed by atoms with Crippen molar-refractivity contribution >= 4 is 11.8 Å². The molecule has 1 aliphatic rings. The Morgan fingerprint density at radius 1 is 1.35 bits per heavy atom. The zero-order chi connectivity index (χ0) is 17.0. The molecule has 0 aliphatic carbocycles. The molecule has 126 valence electrons. The summed E-state index contributed by atoms with van der Waals surface area (Å²) in [5.74, 6) is 0.748. The predicted molar refractivity (Wildman–Crippen MR) is 88.0 cm³/mol. The Hall–Kier alpha value is -2.08. The molecule has 0 spiro atoms. The quantitative estimate of drug-likeness (QED) is 0.858. The molecule has 1 aliphatic heterocycles. The van der Waals surface area contributed by atoms with Crippen molar-refractivity contribution in [3.05, 3.63) is 29.3 Å². The number of carbonyl (C=O) groups is 2. The molecule has 6 nitrogen and oxygen atoms in total. The van der Waals surface area contributed by atoms with Crippen LogP contribution in [0.3, 0.4) is 0 Å². The highest BCUT2D eigenvalue weighted by molar-refractivity contribution is 5.81. The Labute approximate surface area is 137 Å². The lowest BCUT2D eigenvalue weighted by Gasteiger charge is -2.23. The minimum absolute atomic E-state index is 0.0360. The van der Waals surface area contributed by atoms with Crippen molar-refractivity contribution in [1.29, 1.82) is 0 Å². The maximum absolute atomic E-state index is 12.2. The van der Waals surface area contributed by atoms with Crippen molar-refractivity contribution in [3.63, 3.8) is 0 Å². The summed E-state index contributed by atoms with van der Waals surface area (Å²) in [7, 11) is 1.75. The monoisotopic (exact) mass is 319 g/mol. The highest BCUT2D eigenvalue weighted by Crippen LogP contribution is 2.16. The summed E-state index contributed by atoms with van der Waals surface area (Å²) in [6.45, 7) is 7.11. The number of ether oxygens (including phenoxy) is 1. The Kier molecular flexibility index (Phi) is 5.60. The number of amides is 2. The van der Waals surface area contributed by atoms with Gasteiger partial charge in [-0.1, -0.05) is 6.07 Å². The van der Waals surface area contributed by atoms with Gasteiger partial charge >= 0.3 is 0 Å². The van der Waals surface area contributed by atoms with Crippen LogP contribution in [0, 0.1) is 13.8 Å². The summed E-state index contributed by atoms with van der Waals surface area (Å²) >= 11 is 0. The van der Waals surface area contributed by atoms with E-state index in [1.54, 1.807) is 17.0 Å². The van der Waals surface area contributed by atoms with Crippen molar-refractivity contribution in [2.45, 2.75) is 33.2 Å². The fourth-order valence-electron chi connectivity index (χ4n) is 2.60. The molecular weight excluding hydrogens is 294 g/mol. The lowest BCUT2D eigenvalue weighted by Crippen LogP contribution is -2.45. The van der Waals surface area contributed by atoms with Gasteiger partial charge in [0.25, 0.3) is 0 Å². The van der Waals surface area contributed by atoms with Crippen LogP contribution < -0.4 is 10.2 Å². The van der Waals surface area contributed by atoms with Crippen LogP contribution in [-0.2, 0) is 9.59 Å². The summed E-state index contributed by atoms with van der Waals surface area (Å²) < 4.78 is 5.72. The molecule has 0 saturated carbocycles. The van der Waals surface area contributed by atoms with Crippen LogP contribution in [0.2, 0.25) is 0 Å². The molecule has 6 heteroatoms. The standard InChI is InChI=1S/C17H25N3O3/c1-12-7-13(2)9-15(8-12)23-6-5-19(4)17(22)11-20-14(3)10-16(21)18-20/h7-9,14H,5-6,10-11H2,1-4H3,(H,18,21). The van der Waals surface area contributed by atoms with Gasteiger partial charge in [0, 0.05) is 19.5 Å². The first-order valence-corrected chi connectivity index (χ1v) is 7.86. The number of hydrogen-bond donors (Lipinski definition) is 1. The van der Waals surface area contributed by atoms with Crippen LogP contribution in [0.4, 0.5) is 0 Å². The number of likely N-dealkylation sites (N-methyl/N-ethyl adjacent to an activating group) is 1. The molecule has 1 aromatic rings. The molecular formula is C17H25N3O3. The lowest BCUT2D eigenvalue weighted by molar-refractivity contribution is -0.132. The van der Waals surface area contributed by atoms with Gasteiger partial charge in [-0.05, 0) is 44.0 Å². The minimum atomic E-state index is -0.0388. The molecule has 1 unspecified atom stereocenters. The first-order chi connectivity index (χ1) is 10.8. The second kappa shape index (κ2) is 7.46. The van der Waals surface area contributed by atoms with Gasteiger partial charge in [0.05, 0.1) is 13.1 Å². The van der Waals surface area contributed by atoms with Gasteiger partial charge in [-0.25, -0.2) is 5.01 Å². The van der Waals surface area contributed by atoms with E-state index >= 15 is 0 Å². The predicted octanol–water partition coefficient (Wildman–Crippen LogP) is 1.27. The largest absolute Gasteiger partial charge is 0.492 e. The Bertz CT molecular complexity index is 568. The number of benzene rings is 1. The van der Waals surface area contributed by atoms with Gasteiger partial charge in [0.15, 0.2) is 0 Å². The molecule has 0 bridgehead atoms. The third kappa shape index (κ3) is 4.96. The molecule has 0 radical (unpaired) electrons. The first-order valence-electron chi connectivity index (χ1n) is 7.86. The number of carbonyl (C=O) groups excluding carboxylic acids is 2. The van der Waals surface area contributed by atoms with Gasteiger partial charge in [-0.15, -0.1) is 0 Å². The lowest BCUT2D eigenvalue weighted by atomic mass is 10.1. The minimum Gasteiger partial charge on any atom is -0.492 e. The van der Waals surface area contributed by atoms with Crippen LogP contribution in [0.5, 0.6) is 5.75 Å². The summed E-state index contributed by atoms with van der Waals surface area (Å²) in [5, 5.41) is 1.69. The van der Waals surface area contributed by atoms with Gasteiger partial charge in [-0.3, -0.25) is 15.0 Å². The molecule has 1 heterocycles. The highest BCUT2D eigenvalue weighted by atomic mass is 16.5. The van der Waals surface area contributed by atoms with E-state index in [-0.39, 0.29) is 24.4 Å². The molecule has 2 rings (SSSR count). The van der Waals surface area contributed by atoms with Crippen LogP contribution >= 0.6 is 0 Å². The zero-order valence-electron chi connectivity index (χ0n) is 14.3. The fourth-order valence-corrected chi connectivity index (χ4v) is 2.60. The van der Waals surface area contributed by atoms with Crippen molar-refractivity contribution in [1.82, 2.24) is 15.3 Å². The van der Waals surface area contributed by atoms with Gasteiger partial charge in [-0.2, -0.15) is 0 Å². The first kappa shape index (κ1) is 17.3. The summed E-state index contributed by atoms with van der Waals surface area (Å²) in [4.78, 5) is 25.1. The average Bonchev–Trinajstić information content (AvgIpc) is 2.75. The fraction of sp³-hybridized carbons (Fsp3) is 0.529. The molecule has 1 N–H and O–H groups in total. The summed E-state index contributed by atoms with van der Waals surface area (Å²) in [5.41, 5.74) is 5.01. The molecule has 1 fully saturated rings. The van der Waals surface area contributed by atoms with Gasteiger partial charge in [0.1, 0.15) is 12.4 Å². The van der Waals surface area contributed by atoms with Crippen LogP contribution in [0.1, 0.15) is 24.5 Å². The van der Waals surface area contributed by atoms with E-state index in [9.17, 15) is 9.59 Å². The van der Waals surface area contributed by atoms with Crippen LogP contribution in [-0.4, -0.2) is 54.5 Å². The second-order valence-corrected chi connectivity index (χ2v) is 6.20. The van der Waals surface area contributed by atoms with Crippen molar-refractivity contribution in [2.24, 2.45) is 0 Å². The second-order valence-electron chi connectivity index (χ2n) is 6.20. The van der Waals surface area contributed by atoms with E-state index in [1.807, 2.05) is 32.9 Å². The topological polar surface area (TPSA) is 61.9 Å². The van der Waals surface area contributed by atoms with E-state index in [1.165, 1.54) is 0 Å². The number of rotatable bonds is 6. The molecule has 0 aromatic heterocycles. The highest BCUT2D eigenvalue weighted by Gasteiger charge is 2.28. The molecule has 1 aromatic carbocycles. The maximum Gasteiger partial charge on any atom is 0.238 e. The third-order valence-corrected chi connectivity index (χ3v) is 3.90. The zero-order valence-corrected chi connectivity index (χ0v) is 14.3. The number of hydrogen-bond acceptors (Lipinski definition) is 4. The van der Waals surface area contributed by atoms with Crippen molar-refractivity contribution < 1.29 is 14.3 Å². The summed E-state index contributed by atoms with van der Waals surface area (Å²) in [6, 6.07) is 6.10. The maximum atomic E-state index is 12.2. The van der Waals surface area contributed by atoms with E-state index in [4.69, 9.17) is 4.74 Å². The molecule has 2 amide bonds. The van der Waals surface area contributed by atoms with E-state index in [2.05, 4.69) is 11.5 Å². The van der Waals surface area contributed by atoms with E-state index in [0.717, 1.165) is 16.9 Å². The van der Waals surface area contributed by atoms with Crippen molar-refractivity contribution in [2.75, 3.05) is 26.7 Å². The number of nitrogens with one attached hydrogen (secondary N) is 1. The third-order valence-electron chi connectivity index (χ3n) is 3.90.